The van der Waals surface area contributed by atoms with Crippen molar-refractivity contribution in [2.24, 2.45) is 23.2 Å². The van der Waals surface area contributed by atoms with Crippen LogP contribution in [0.2, 0.25) is 18.1 Å². The van der Waals surface area contributed by atoms with E-state index < -0.39 is 25.9 Å². The summed E-state index contributed by atoms with van der Waals surface area (Å²) in [5.74, 6) is 0.205. The Labute approximate surface area is 268 Å². The van der Waals surface area contributed by atoms with E-state index in [1.807, 2.05) is 46.1 Å². The number of allylic oxidation sites excluding steroid dienone is 1. The molecule has 0 N–H and O–H groups in total. The standard InChI is InChI=1S/C36H61NO4SSi/c1-16-18-31(26(5)21-30-23-42-29(8)37-30)40-33(38)22-32(41-43(14,15)35(9,10)11)36(12,13)34(39)28(7)27(6)25(4)20-17-19-24(2)3/h16,21,23,25,27-28,31-32H,1-2,17-20,22H2,3-15H3/b26-21+/t25?,27-,28+,31-,32-/m0/s1. The normalized spacial score (nSPS) is 16.6. The van der Waals surface area contributed by atoms with Crippen LogP contribution in [0, 0.1) is 30.1 Å². The first kappa shape index (κ1) is 39.2. The van der Waals surface area contributed by atoms with Gasteiger partial charge in [-0.1, -0.05) is 73.5 Å². The maximum absolute atomic E-state index is 14.2. The molecule has 0 spiro atoms. The smallest absolute Gasteiger partial charge is 0.309 e. The molecule has 5 nitrogen and oxygen atoms in total. The van der Waals surface area contributed by atoms with Gasteiger partial charge in [0.2, 0.25) is 0 Å². The minimum atomic E-state index is -2.33. The summed E-state index contributed by atoms with van der Waals surface area (Å²) in [6.07, 6.45) is 6.32. The van der Waals surface area contributed by atoms with E-state index >= 15 is 0 Å². The number of ether oxygens (including phenoxy) is 1. The van der Waals surface area contributed by atoms with Gasteiger partial charge in [-0.25, -0.2) is 4.98 Å². The van der Waals surface area contributed by atoms with Crippen molar-refractivity contribution in [1.82, 2.24) is 4.98 Å². The highest BCUT2D eigenvalue weighted by Gasteiger charge is 2.48. The van der Waals surface area contributed by atoms with Crippen LogP contribution in [0.4, 0.5) is 0 Å². The maximum Gasteiger partial charge on any atom is 0.309 e. The van der Waals surface area contributed by atoms with Crippen molar-refractivity contribution in [3.63, 3.8) is 0 Å². The molecule has 0 saturated heterocycles. The van der Waals surface area contributed by atoms with Crippen LogP contribution in [0.5, 0.6) is 0 Å². The van der Waals surface area contributed by atoms with Crippen molar-refractivity contribution in [3.05, 3.63) is 46.5 Å². The summed E-state index contributed by atoms with van der Waals surface area (Å²) in [6, 6.07) is 0. The molecule has 1 unspecified atom stereocenters. The van der Waals surface area contributed by atoms with Gasteiger partial charge in [0.25, 0.3) is 0 Å². The van der Waals surface area contributed by atoms with Gasteiger partial charge in [-0.05, 0) is 75.2 Å². The third kappa shape index (κ3) is 11.9. The third-order valence-electron chi connectivity index (χ3n) is 9.57. The number of hydrogen-bond donors (Lipinski definition) is 0. The molecule has 1 rings (SSSR count). The Morgan fingerprint density at radius 3 is 2.21 bits per heavy atom. The number of thiazole rings is 1. The lowest BCUT2D eigenvalue weighted by Gasteiger charge is -2.44. The van der Waals surface area contributed by atoms with Crippen LogP contribution >= 0.6 is 11.3 Å². The molecule has 1 aromatic rings. The first-order valence-corrected chi connectivity index (χ1v) is 19.7. The van der Waals surface area contributed by atoms with Crippen LogP contribution in [0.25, 0.3) is 6.08 Å². The molecule has 0 saturated carbocycles. The highest BCUT2D eigenvalue weighted by atomic mass is 32.1. The number of rotatable bonds is 18. The number of hydrogen-bond acceptors (Lipinski definition) is 6. The number of carbonyl (C=O) groups excluding carboxylic acids is 2. The van der Waals surface area contributed by atoms with Crippen LogP contribution in [-0.2, 0) is 18.8 Å². The molecule has 7 heteroatoms. The van der Waals surface area contributed by atoms with Crippen LogP contribution in [0.1, 0.15) is 112 Å². The highest BCUT2D eigenvalue weighted by molar-refractivity contribution is 7.09. The average molecular weight is 632 g/mol. The third-order valence-corrected chi connectivity index (χ3v) is 14.9. The van der Waals surface area contributed by atoms with Gasteiger partial charge >= 0.3 is 5.97 Å². The van der Waals surface area contributed by atoms with Gasteiger partial charge < -0.3 is 9.16 Å². The lowest BCUT2D eigenvalue weighted by Crippen LogP contribution is -2.52. The molecule has 0 aliphatic heterocycles. The van der Waals surface area contributed by atoms with E-state index in [0.29, 0.717) is 12.3 Å². The molecule has 43 heavy (non-hydrogen) atoms. The molecular formula is C36H61NO4SSi. The summed E-state index contributed by atoms with van der Waals surface area (Å²) >= 11 is 1.59. The van der Waals surface area contributed by atoms with Crippen molar-refractivity contribution in [2.45, 2.75) is 139 Å². The zero-order valence-corrected chi connectivity index (χ0v) is 31.4. The maximum atomic E-state index is 14.2. The minimum Gasteiger partial charge on any atom is -0.457 e. The van der Waals surface area contributed by atoms with Crippen LogP contribution < -0.4 is 0 Å². The summed E-state index contributed by atoms with van der Waals surface area (Å²) in [4.78, 5) is 32.4. The molecule has 0 bridgehead atoms. The summed E-state index contributed by atoms with van der Waals surface area (Å²) in [5, 5.41) is 2.90. The Balaban J connectivity index is 3.27. The van der Waals surface area contributed by atoms with E-state index in [0.717, 1.165) is 35.5 Å². The van der Waals surface area contributed by atoms with E-state index in [1.165, 1.54) is 5.57 Å². The lowest BCUT2D eigenvalue weighted by atomic mass is 9.70. The largest absolute Gasteiger partial charge is 0.457 e. The van der Waals surface area contributed by atoms with Crippen molar-refractivity contribution < 1.29 is 18.8 Å². The quantitative estimate of drug-likeness (QED) is 0.0916. The molecule has 1 heterocycles. The Hall–Kier alpha value is -1.83. The van der Waals surface area contributed by atoms with Crippen molar-refractivity contribution in [1.29, 1.82) is 0 Å². The van der Waals surface area contributed by atoms with E-state index in [1.54, 1.807) is 17.4 Å². The molecule has 0 radical (unpaired) electrons. The predicted molar refractivity (Wildman–Crippen MR) is 187 cm³/mol. The van der Waals surface area contributed by atoms with Gasteiger partial charge in [0.05, 0.1) is 23.2 Å². The second kappa shape index (κ2) is 16.5. The molecule has 0 aliphatic rings. The Morgan fingerprint density at radius 1 is 1.12 bits per heavy atom. The van der Waals surface area contributed by atoms with Crippen LogP contribution in [0.15, 0.2) is 35.8 Å². The molecule has 0 fully saturated rings. The number of nitrogens with zero attached hydrogens (tertiary/aromatic N) is 1. The van der Waals surface area contributed by atoms with Gasteiger partial charge in [-0.2, -0.15) is 0 Å². The van der Waals surface area contributed by atoms with Crippen LogP contribution in [-0.4, -0.2) is 37.3 Å². The fourth-order valence-corrected chi connectivity index (χ4v) is 7.06. The van der Waals surface area contributed by atoms with Crippen LogP contribution in [0.3, 0.4) is 0 Å². The minimum absolute atomic E-state index is 0.0112. The number of esters is 1. The first-order valence-electron chi connectivity index (χ1n) is 15.9. The molecule has 5 atom stereocenters. The summed E-state index contributed by atoms with van der Waals surface area (Å²) in [6.45, 7) is 35.1. The Morgan fingerprint density at radius 2 is 1.72 bits per heavy atom. The highest BCUT2D eigenvalue weighted by Crippen LogP contribution is 2.42. The van der Waals surface area contributed by atoms with Crippen molar-refractivity contribution in [3.8, 4) is 0 Å². The van der Waals surface area contributed by atoms with Crippen molar-refractivity contribution >= 4 is 37.5 Å². The fourth-order valence-electron chi connectivity index (χ4n) is 5.05. The molecule has 244 valence electrons. The summed E-state index contributed by atoms with van der Waals surface area (Å²) < 4.78 is 13.0. The van der Waals surface area contributed by atoms with Gasteiger partial charge in [0, 0.05) is 23.1 Å². The molecule has 0 aliphatic carbocycles. The number of Topliss-reactive ketones (excluding diaryl/α,β-unsaturated/α-hetero) is 1. The zero-order valence-electron chi connectivity index (χ0n) is 29.6. The van der Waals surface area contributed by atoms with E-state index in [-0.39, 0.29) is 35.0 Å². The van der Waals surface area contributed by atoms with E-state index in [2.05, 4.69) is 72.8 Å². The van der Waals surface area contributed by atoms with Gasteiger partial charge in [-0.3, -0.25) is 9.59 Å². The Kier molecular flexibility index (Phi) is 15.0. The fraction of sp³-hybridized carbons (Fsp3) is 0.694. The van der Waals surface area contributed by atoms with E-state index in [9.17, 15) is 9.59 Å². The van der Waals surface area contributed by atoms with Crippen molar-refractivity contribution in [2.75, 3.05) is 0 Å². The topological polar surface area (TPSA) is 65.5 Å². The lowest BCUT2D eigenvalue weighted by molar-refractivity contribution is -0.153. The number of ketones is 1. The second-order valence-corrected chi connectivity index (χ2v) is 20.6. The Bertz CT molecular complexity index is 1130. The molecular weight excluding hydrogens is 571 g/mol. The molecule has 1 aromatic heterocycles. The second-order valence-electron chi connectivity index (χ2n) is 14.8. The monoisotopic (exact) mass is 631 g/mol. The molecule has 0 amide bonds. The number of aromatic nitrogens is 1. The zero-order chi connectivity index (χ0) is 33.3. The van der Waals surface area contributed by atoms with Gasteiger partial charge in [-0.15, -0.1) is 24.5 Å². The SMILES string of the molecule is C=CC[C@H](OC(=O)C[C@H](O[Si](C)(C)C(C)(C)C)C(C)(C)C(=O)[C@H](C)[C@@H](C)C(C)CCCC(=C)C)/C(C)=C/c1csc(C)n1. The molecule has 0 aromatic carbocycles. The van der Waals surface area contributed by atoms with Gasteiger partial charge in [0.1, 0.15) is 11.9 Å². The predicted octanol–water partition coefficient (Wildman–Crippen LogP) is 10.4. The number of aryl methyl sites for hydroxylation is 1. The number of carbonyl (C=O) groups is 2. The summed E-state index contributed by atoms with van der Waals surface area (Å²) in [7, 11) is -2.33. The first-order chi connectivity index (χ1) is 19.6. The van der Waals surface area contributed by atoms with E-state index in [4.69, 9.17) is 9.16 Å². The van der Waals surface area contributed by atoms with Gasteiger partial charge in [0.15, 0.2) is 8.32 Å². The average Bonchev–Trinajstić information content (AvgIpc) is 3.29. The summed E-state index contributed by atoms with van der Waals surface area (Å²) in [5.41, 5.74) is 2.07.